The van der Waals surface area contributed by atoms with E-state index in [0.29, 0.717) is 16.7 Å². The second kappa shape index (κ2) is 8.51. The minimum Gasteiger partial charge on any atom is -0.502 e. The average Bonchev–Trinajstić information content (AvgIpc) is 2.61. The zero-order valence-corrected chi connectivity index (χ0v) is 16.4. The van der Waals surface area contributed by atoms with Crippen molar-refractivity contribution in [1.29, 1.82) is 0 Å². The van der Waals surface area contributed by atoms with Crippen LogP contribution in [0.2, 0.25) is 0 Å². The van der Waals surface area contributed by atoms with E-state index in [9.17, 15) is 8.42 Å². The molecule has 0 saturated carbocycles. The summed E-state index contributed by atoms with van der Waals surface area (Å²) in [6, 6.07) is 13.6. The van der Waals surface area contributed by atoms with Crippen LogP contribution in [-0.2, 0) is 14.8 Å². The van der Waals surface area contributed by atoms with Crippen LogP contribution in [0.15, 0.2) is 70.2 Å². The van der Waals surface area contributed by atoms with E-state index in [1.165, 1.54) is 20.3 Å². The molecule has 1 N–H and O–H groups in total. The molecule has 1 atom stereocenters. The van der Waals surface area contributed by atoms with Crippen molar-refractivity contribution in [2.45, 2.75) is 17.4 Å². The van der Waals surface area contributed by atoms with Gasteiger partial charge in [0.2, 0.25) is 10.0 Å². The molecule has 0 spiro atoms. The van der Waals surface area contributed by atoms with Gasteiger partial charge < -0.3 is 9.47 Å². The van der Waals surface area contributed by atoms with Crippen LogP contribution in [0, 0.1) is 0 Å². The van der Waals surface area contributed by atoms with Gasteiger partial charge in [0.1, 0.15) is 10.6 Å². The van der Waals surface area contributed by atoms with Crippen LogP contribution in [0.1, 0.15) is 18.0 Å². The van der Waals surface area contributed by atoms with Crippen molar-refractivity contribution in [3.05, 3.63) is 70.9 Å². The first-order chi connectivity index (χ1) is 11.9. The number of benzene rings is 2. The van der Waals surface area contributed by atoms with E-state index in [4.69, 9.17) is 9.47 Å². The van der Waals surface area contributed by atoms with Gasteiger partial charge in [0.15, 0.2) is 0 Å². The van der Waals surface area contributed by atoms with Crippen molar-refractivity contribution in [2.75, 3.05) is 14.2 Å². The van der Waals surface area contributed by atoms with Gasteiger partial charge in [-0.25, -0.2) is 13.1 Å². The summed E-state index contributed by atoms with van der Waals surface area (Å²) < 4.78 is 39.6. The molecule has 0 aliphatic carbocycles. The summed E-state index contributed by atoms with van der Waals surface area (Å²) in [5.74, 6) is 0.755. The summed E-state index contributed by atoms with van der Waals surface area (Å²) >= 11 is 3.30. The van der Waals surface area contributed by atoms with E-state index in [0.717, 1.165) is 5.56 Å². The quantitative estimate of drug-likeness (QED) is 0.648. The maximum Gasteiger partial charge on any atom is 0.244 e. The molecule has 0 fully saturated rings. The van der Waals surface area contributed by atoms with Crippen LogP contribution in [0.4, 0.5) is 0 Å². The Hall–Kier alpha value is -1.83. The highest BCUT2D eigenvalue weighted by Gasteiger charge is 2.25. The number of sulfonamides is 1. The van der Waals surface area contributed by atoms with E-state index in [1.54, 1.807) is 12.1 Å². The van der Waals surface area contributed by atoms with Crippen molar-refractivity contribution >= 4 is 26.0 Å². The van der Waals surface area contributed by atoms with Gasteiger partial charge in [-0.15, -0.1) is 0 Å². The minimum absolute atomic E-state index is 0.0633. The summed E-state index contributed by atoms with van der Waals surface area (Å²) in [6.07, 6.45) is 0.316. The van der Waals surface area contributed by atoms with Gasteiger partial charge >= 0.3 is 0 Å². The fraction of sp³-hybridized carbons (Fsp3) is 0.222. The summed E-state index contributed by atoms with van der Waals surface area (Å²) in [6.45, 7) is 3.80. The molecule has 134 valence electrons. The third kappa shape index (κ3) is 5.07. The Balaban J connectivity index is 2.40. The third-order valence-corrected chi connectivity index (χ3v) is 5.62. The topological polar surface area (TPSA) is 64.6 Å². The number of halogens is 1. The first-order valence-electron chi connectivity index (χ1n) is 7.50. The standard InChI is InChI=1S/C18H20BrNO4S/c1-13(23-2)11-16(14-7-5-4-6-8-14)20-25(21,22)18-12-15(19)9-10-17(18)24-3/h4-10,12,16,20H,1,11H2,2-3H3. The normalized spacial score (nSPS) is 12.4. The molecule has 0 amide bonds. The Morgan fingerprint density at radius 2 is 1.88 bits per heavy atom. The van der Waals surface area contributed by atoms with Gasteiger partial charge in [-0.1, -0.05) is 52.8 Å². The molecular formula is C18H20BrNO4S. The lowest BCUT2D eigenvalue weighted by Gasteiger charge is -2.21. The van der Waals surface area contributed by atoms with Gasteiger partial charge in [-0.3, -0.25) is 0 Å². The van der Waals surface area contributed by atoms with Crippen LogP contribution in [0.3, 0.4) is 0 Å². The molecule has 0 aromatic heterocycles. The molecule has 25 heavy (non-hydrogen) atoms. The molecule has 2 aromatic carbocycles. The molecule has 2 aromatic rings. The predicted molar refractivity (Wildman–Crippen MR) is 101 cm³/mol. The Labute approximate surface area is 156 Å². The van der Waals surface area contributed by atoms with Crippen molar-refractivity contribution in [2.24, 2.45) is 0 Å². The number of nitrogens with one attached hydrogen (secondary N) is 1. The molecule has 0 radical (unpaired) electrons. The number of rotatable bonds is 8. The lowest BCUT2D eigenvalue weighted by Crippen LogP contribution is -2.29. The summed E-state index contributed by atoms with van der Waals surface area (Å²) in [5.41, 5.74) is 0.818. The SMILES string of the molecule is C=C(CC(NS(=O)(=O)c1cc(Br)ccc1OC)c1ccccc1)OC. The highest BCUT2D eigenvalue weighted by Crippen LogP contribution is 2.30. The number of methoxy groups -OCH3 is 2. The molecule has 7 heteroatoms. The van der Waals surface area contributed by atoms with E-state index < -0.39 is 16.1 Å². The summed E-state index contributed by atoms with van der Waals surface area (Å²) in [5, 5.41) is 0. The van der Waals surface area contributed by atoms with Crippen LogP contribution in [0.5, 0.6) is 5.75 Å². The summed E-state index contributed by atoms with van der Waals surface area (Å²) in [7, 11) is -0.884. The molecule has 1 unspecified atom stereocenters. The average molecular weight is 426 g/mol. The van der Waals surface area contributed by atoms with Crippen molar-refractivity contribution < 1.29 is 17.9 Å². The number of hydrogen-bond donors (Lipinski definition) is 1. The highest BCUT2D eigenvalue weighted by atomic mass is 79.9. The van der Waals surface area contributed by atoms with Crippen LogP contribution < -0.4 is 9.46 Å². The number of hydrogen-bond acceptors (Lipinski definition) is 4. The van der Waals surface area contributed by atoms with E-state index in [-0.39, 0.29) is 10.6 Å². The van der Waals surface area contributed by atoms with Gasteiger partial charge in [-0.05, 0) is 23.8 Å². The van der Waals surface area contributed by atoms with E-state index in [1.807, 2.05) is 30.3 Å². The smallest absolute Gasteiger partial charge is 0.244 e. The van der Waals surface area contributed by atoms with Crippen LogP contribution >= 0.6 is 15.9 Å². The largest absolute Gasteiger partial charge is 0.502 e. The molecule has 5 nitrogen and oxygen atoms in total. The van der Waals surface area contributed by atoms with Gasteiger partial charge in [0.25, 0.3) is 0 Å². The van der Waals surface area contributed by atoms with Crippen molar-refractivity contribution in [1.82, 2.24) is 4.72 Å². The summed E-state index contributed by atoms with van der Waals surface area (Å²) in [4.78, 5) is 0.0633. The lowest BCUT2D eigenvalue weighted by molar-refractivity contribution is 0.270. The van der Waals surface area contributed by atoms with Gasteiger partial charge in [0, 0.05) is 10.9 Å². The van der Waals surface area contributed by atoms with Gasteiger partial charge in [0.05, 0.1) is 26.0 Å². The maximum absolute atomic E-state index is 12.9. The van der Waals surface area contributed by atoms with E-state index in [2.05, 4.69) is 27.2 Å². The first-order valence-corrected chi connectivity index (χ1v) is 9.77. The first kappa shape index (κ1) is 19.5. The molecule has 2 rings (SSSR count). The lowest BCUT2D eigenvalue weighted by atomic mass is 10.0. The monoisotopic (exact) mass is 425 g/mol. The van der Waals surface area contributed by atoms with Crippen LogP contribution in [-0.4, -0.2) is 22.6 Å². The number of ether oxygens (including phenoxy) is 2. The fourth-order valence-electron chi connectivity index (χ4n) is 2.34. The molecule has 0 saturated heterocycles. The molecule has 0 heterocycles. The Bertz CT molecular complexity index is 837. The maximum atomic E-state index is 12.9. The zero-order valence-electron chi connectivity index (χ0n) is 14.0. The third-order valence-electron chi connectivity index (χ3n) is 3.64. The fourth-order valence-corrected chi connectivity index (χ4v) is 4.27. The second-order valence-electron chi connectivity index (χ2n) is 5.33. The zero-order chi connectivity index (χ0) is 18.4. The Morgan fingerprint density at radius 1 is 1.20 bits per heavy atom. The van der Waals surface area contributed by atoms with Crippen LogP contribution in [0.25, 0.3) is 0 Å². The minimum atomic E-state index is -3.83. The Morgan fingerprint density at radius 3 is 2.48 bits per heavy atom. The second-order valence-corrected chi connectivity index (χ2v) is 7.92. The van der Waals surface area contributed by atoms with Gasteiger partial charge in [-0.2, -0.15) is 0 Å². The Kier molecular flexibility index (Phi) is 6.64. The molecule has 0 aliphatic heterocycles. The van der Waals surface area contributed by atoms with E-state index >= 15 is 0 Å². The molecule has 0 bridgehead atoms. The van der Waals surface area contributed by atoms with Crippen molar-refractivity contribution in [3.63, 3.8) is 0 Å². The molecular weight excluding hydrogens is 406 g/mol. The highest BCUT2D eigenvalue weighted by molar-refractivity contribution is 9.10. The van der Waals surface area contributed by atoms with Crippen molar-refractivity contribution in [3.8, 4) is 5.75 Å². The molecule has 0 aliphatic rings. The predicted octanol–water partition coefficient (Wildman–Crippen LogP) is 4.03.